The summed E-state index contributed by atoms with van der Waals surface area (Å²) in [6, 6.07) is 5.61. The number of ether oxygens (including phenoxy) is 1. The number of benzene rings is 1. The first-order valence-corrected chi connectivity index (χ1v) is 12.0. The van der Waals surface area contributed by atoms with Crippen molar-refractivity contribution in [3.8, 4) is 0 Å². The van der Waals surface area contributed by atoms with Crippen molar-refractivity contribution in [3.63, 3.8) is 0 Å². The molecule has 0 spiro atoms. The zero-order valence-electron chi connectivity index (χ0n) is 18.2. The Morgan fingerprint density at radius 3 is 2.53 bits per heavy atom. The summed E-state index contributed by atoms with van der Waals surface area (Å²) in [4.78, 5) is 38.7. The van der Waals surface area contributed by atoms with E-state index in [1.54, 1.807) is 30.8 Å². The van der Waals surface area contributed by atoms with Gasteiger partial charge in [0.05, 0.1) is 23.0 Å². The van der Waals surface area contributed by atoms with E-state index >= 15 is 0 Å². The SMILES string of the molecule is C[C@@H](O)[C@H]1C(=O)N2C(C(=O)OCc3ccc([N+](=O)[O-])cc3)=C(SC3CCCCC3)[C@H](C)[C@H]12. The summed E-state index contributed by atoms with van der Waals surface area (Å²) >= 11 is 1.69. The molecule has 0 aromatic heterocycles. The highest BCUT2D eigenvalue weighted by molar-refractivity contribution is 8.03. The molecule has 1 amide bonds. The van der Waals surface area contributed by atoms with Crippen LogP contribution >= 0.6 is 11.8 Å². The maximum atomic E-state index is 13.1. The maximum absolute atomic E-state index is 13.1. The number of hydrogen-bond donors (Lipinski definition) is 1. The van der Waals surface area contributed by atoms with Crippen LogP contribution in [0, 0.1) is 22.0 Å². The van der Waals surface area contributed by atoms with Gasteiger partial charge in [0.25, 0.3) is 5.69 Å². The van der Waals surface area contributed by atoms with E-state index < -0.39 is 22.9 Å². The molecule has 32 heavy (non-hydrogen) atoms. The molecule has 0 bridgehead atoms. The number of thioether (sulfide) groups is 1. The van der Waals surface area contributed by atoms with Crippen LogP contribution in [-0.2, 0) is 20.9 Å². The predicted molar refractivity (Wildman–Crippen MR) is 119 cm³/mol. The second kappa shape index (κ2) is 9.23. The summed E-state index contributed by atoms with van der Waals surface area (Å²) in [5, 5.41) is 21.3. The normalized spacial score (nSPS) is 26.5. The first kappa shape index (κ1) is 22.8. The van der Waals surface area contributed by atoms with E-state index in [1.807, 2.05) is 6.92 Å². The number of esters is 1. The van der Waals surface area contributed by atoms with Crippen molar-refractivity contribution < 1.29 is 24.4 Å². The third kappa shape index (κ3) is 4.15. The quantitative estimate of drug-likeness (QED) is 0.285. The molecule has 8 nitrogen and oxygen atoms in total. The van der Waals surface area contributed by atoms with Gasteiger partial charge in [-0.2, -0.15) is 0 Å². The summed E-state index contributed by atoms with van der Waals surface area (Å²) in [6.07, 6.45) is 4.97. The van der Waals surface area contributed by atoms with Crippen molar-refractivity contribution in [1.29, 1.82) is 0 Å². The lowest BCUT2D eigenvalue weighted by Gasteiger charge is -2.46. The van der Waals surface area contributed by atoms with Gasteiger partial charge in [-0.15, -0.1) is 11.8 Å². The summed E-state index contributed by atoms with van der Waals surface area (Å²) in [5.74, 6) is -1.35. The van der Waals surface area contributed by atoms with Crippen LogP contribution in [0.3, 0.4) is 0 Å². The standard InChI is InChI=1S/C23H28N2O6S/c1-13-19-18(14(2)26)22(27)24(19)20(21(13)32-17-6-4-3-5-7-17)23(28)31-12-15-8-10-16(11-9-15)25(29)30/h8-11,13-14,17-19,26H,3-7,12H2,1-2H3/t13-,14-,18-,19-/m1/s1. The minimum absolute atomic E-state index is 0.0308. The van der Waals surface area contributed by atoms with Crippen molar-refractivity contribution in [1.82, 2.24) is 4.90 Å². The minimum atomic E-state index is -0.775. The average molecular weight is 461 g/mol. The number of non-ortho nitro benzene ring substituents is 1. The van der Waals surface area contributed by atoms with E-state index in [2.05, 4.69) is 0 Å². The van der Waals surface area contributed by atoms with Crippen LogP contribution in [0.15, 0.2) is 34.9 Å². The minimum Gasteiger partial charge on any atom is -0.456 e. The number of nitro groups is 1. The van der Waals surface area contributed by atoms with Gasteiger partial charge in [0.15, 0.2) is 0 Å². The van der Waals surface area contributed by atoms with Crippen molar-refractivity contribution in [2.24, 2.45) is 11.8 Å². The van der Waals surface area contributed by atoms with Crippen LogP contribution in [0.2, 0.25) is 0 Å². The second-order valence-corrected chi connectivity index (χ2v) is 10.2. The number of aliphatic hydroxyl groups is 1. The fourth-order valence-electron chi connectivity index (χ4n) is 4.96. The van der Waals surface area contributed by atoms with Crippen LogP contribution in [-0.4, -0.2) is 44.2 Å². The number of aliphatic hydroxyl groups excluding tert-OH is 1. The first-order chi connectivity index (χ1) is 15.3. The Hall–Kier alpha value is -2.39. The number of carbonyl (C=O) groups excluding carboxylic acids is 2. The van der Waals surface area contributed by atoms with E-state index in [9.17, 15) is 24.8 Å². The molecule has 1 aromatic rings. The highest BCUT2D eigenvalue weighted by atomic mass is 32.2. The molecule has 0 unspecified atom stereocenters. The number of fused-ring (bicyclic) bond motifs is 1. The van der Waals surface area contributed by atoms with E-state index in [0.29, 0.717) is 16.5 Å². The van der Waals surface area contributed by atoms with Crippen LogP contribution in [0.5, 0.6) is 0 Å². The molecule has 2 aliphatic heterocycles. The van der Waals surface area contributed by atoms with Gasteiger partial charge in [0, 0.05) is 28.2 Å². The molecule has 1 saturated carbocycles. The number of hydrogen-bond acceptors (Lipinski definition) is 7. The number of rotatable bonds is 7. The lowest BCUT2D eigenvalue weighted by molar-refractivity contribution is -0.384. The second-order valence-electron chi connectivity index (χ2n) is 8.84. The number of nitro benzene ring substituents is 1. The first-order valence-electron chi connectivity index (χ1n) is 11.1. The fourth-order valence-corrected chi connectivity index (χ4v) is 6.54. The predicted octanol–water partition coefficient (Wildman–Crippen LogP) is 3.77. The zero-order valence-corrected chi connectivity index (χ0v) is 19.0. The molecule has 1 aromatic carbocycles. The van der Waals surface area contributed by atoms with Crippen LogP contribution in [0.4, 0.5) is 5.69 Å². The van der Waals surface area contributed by atoms with Crippen LogP contribution in [0.25, 0.3) is 0 Å². The molecule has 4 atom stereocenters. The van der Waals surface area contributed by atoms with Gasteiger partial charge in [0.2, 0.25) is 5.91 Å². The van der Waals surface area contributed by atoms with Gasteiger partial charge in [-0.3, -0.25) is 14.9 Å². The molecule has 0 radical (unpaired) electrons. The highest BCUT2D eigenvalue weighted by Crippen LogP contribution is 2.52. The molecule has 2 fully saturated rings. The van der Waals surface area contributed by atoms with Crippen molar-refractivity contribution in [2.45, 2.75) is 70.0 Å². The molecule has 1 N–H and O–H groups in total. The van der Waals surface area contributed by atoms with E-state index in [-0.39, 0.29) is 30.2 Å². The number of carbonyl (C=O) groups is 2. The molecule has 1 aliphatic carbocycles. The van der Waals surface area contributed by atoms with Crippen LogP contribution < -0.4 is 0 Å². The van der Waals surface area contributed by atoms with E-state index in [4.69, 9.17) is 4.74 Å². The number of amides is 1. The maximum Gasteiger partial charge on any atom is 0.356 e. The van der Waals surface area contributed by atoms with Crippen molar-refractivity contribution >= 4 is 29.3 Å². The smallest absolute Gasteiger partial charge is 0.356 e. The van der Waals surface area contributed by atoms with Gasteiger partial charge in [-0.05, 0) is 37.5 Å². The molecule has 9 heteroatoms. The van der Waals surface area contributed by atoms with Gasteiger partial charge in [0.1, 0.15) is 12.3 Å². The molecular weight excluding hydrogens is 432 g/mol. The third-order valence-electron chi connectivity index (χ3n) is 6.66. The van der Waals surface area contributed by atoms with Gasteiger partial charge in [-0.1, -0.05) is 26.2 Å². The summed E-state index contributed by atoms with van der Waals surface area (Å²) in [7, 11) is 0. The third-order valence-corrected chi connectivity index (χ3v) is 8.29. The monoisotopic (exact) mass is 460 g/mol. The Morgan fingerprint density at radius 1 is 1.28 bits per heavy atom. The van der Waals surface area contributed by atoms with E-state index in [1.165, 1.54) is 36.3 Å². The molecule has 172 valence electrons. The molecule has 4 rings (SSSR count). The number of nitrogens with zero attached hydrogens (tertiary/aromatic N) is 2. The molecule has 3 aliphatic rings. The Kier molecular flexibility index (Phi) is 6.57. The van der Waals surface area contributed by atoms with Gasteiger partial charge < -0.3 is 14.7 Å². The Labute approximate surface area is 191 Å². The van der Waals surface area contributed by atoms with Crippen LogP contribution in [0.1, 0.15) is 51.5 Å². The molecule has 2 heterocycles. The topological polar surface area (TPSA) is 110 Å². The van der Waals surface area contributed by atoms with Crippen molar-refractivity contribution in [2.75, 3.05) is 0 Å². The van der Waals surface area contributed by atoms with E-state index in [0.717, 1.165) is 17.7 Å². The Morgan fingerprint density at radius 2 is 1.94 bits per heavy atom. The number of β-lactam (4-membered cyclic amide) rings is 1. The fraction of sp³-hybridized carbons (Fsp3) is 0.565. The van der Waals surface area contributed by atoms with Crippen molar-refractivity contribution in [3.05, 3.63) is 50.5 Å². The lowest BCUT2D eigenvalue weighted by Crippen LogP contribution is -2.63. The van der Waals surface area contributed by atoms with Gasteiger partial charge >= 0.3 is 5.97 Å². The zero-order chi connectivity index (χ0) is 23.0. The summed E-state index contributed by atoms with van der Waals surface area (Å²) in [6.45, 7) is 3.59. The summed E-state index contributed by atoms with van der Waals surface area (Å²) in [5.41, 5.74) is 0.907. The van der Waals surface area contributed by atoms with Gasteiger partial charge in [-0.25, -0.2) is 4.79 Å². The largest absolute Gasteiger partial charge is 0.456 e. The Balaban J connectivity index is 1.54. The molecule has 1 saturated heterocycles. The highest BCUT2D eigenvalue weighted by Gasteiger charge is 2.60. The lowest BCUT2D eigenvalue weighted by atomic mass is 9.79. The summed E-state index contributed by atoms with van der Waals surface area (Å²) < 4.78 is 5.54. The average Bonchev–Trinajstić information content (AvgIpc) is 3.01. The Bertz CT molecular complexity index is 938. The molecular formula is C23H28N2O6S.